The standard InChI is InChI=1S/C12H11N3OS/c1-17-12(16)15-13-8-10-7-6-9-4-2-3-5-11(9)14-10/h2-8H,1H3,(H,15,16)/b13-8-. The first-order valence-corrected chi connectivity index (χ1v) is 6.25. The van der Waals surface area contributed by atoms with Gasteiger partial charge in [0, 0.05) is 5.39 Å². The van der Waals surface area contributed by atoms with E-state index in [0.29, 0.717) is 5.69 Å². The Bertz CT molecular complexity index is 568. The van der Waals surface area contributed by atoms with Crippen molar-refractivity contribution >= 4 is 34.1 Å². The van der Waals surface area contributed by atoms with Crippen LogP contribution in [-0.4, -0.2) is 22.7 Å². The summed E-state index contributed by atoms with van der Waals surface area (Å²) >= 11 is 1.08. The van der Waals surface area contributed by atoms with Crippen LogP contribution in [0.5, 0.6) is 0 Å². The van der Waals surface area contributed by atoms with E-state index in [1.165, 1.54) is 6.21 Å². The van der Waals surface area contributed by atoms with E-state index in [1.54, 1.807) is 6.26 Å². The van der Waals surface area contributed by atoms with Crippen molar-refractivity contribution in [3.8, 4) is 0 Å². The fraction of sp³-hybridized carbons (Fsp3) is 0.0833. The van der Waals surface area contributed by atoms with Gasteiger partial charge in [-0.3, -0.25) is 4.79 Å². The Labute approximate surface area is 103 Å². The van der Waals surface area contributed by atoms with Crippen molar-refractivity contribution in [1.82, 2.24) is 10.4 Å². The number of benzene rings is 1. The van der Waals surface area contributed by atoms with Gasteiger partial charge < -0.3 is 0 Å². The lowest BCUT2D eigenvalue weighted by Gasteiger charge is -1.98. The molecule has 0 atom stereocenters. The smallest absolute Gasteiger partial charge is 0.260 e. The third kappa shape index (κ3) is 3.04. The van der Waals surface area contributed by atoms with Crippen molar-refractivity contribution < 1.29 is 4.79 Å². The van der Waals surface area contributed by atoms with Gasteiger partial charge >= 0.3 is 0 Å². The van der Waals surface area contributed by atoms with Crippen LogP contribution in [0.2, 0.25) is 0 Å². The van der Waals surface area contributed by atoms with Crippen molar-refractivity contribution in [2.75, 3.05) is 6.26 Å². The Kier molecular flexibility index (Phi) is 3.72. The molecule has 1 aromatic carbocycles. The topological polar surface area (TPSA) is 54.4 Å². The number of nitrogens with zero attached hydrogens (tertiary/aromatic N) is 2. The second kappa shape index (κ2) is 5.45. The van der Waals surface area contributed by atoms with E-state index in [1.807, 2.05) is 36.4 Å². The summed E-state index contributed by atoms with van der Waals surface area (Å²) < 4.78 is 0. The fourth-order valence-electron chi connectivity index (χ4n) is 1.35. The maximum atomic E-state index is 10.9. The Morgan fingerprint density at radius 2 is 2.18 bits per heavy atom. The zero-order valence-electron chi connectivity index (χ0n) is 9.25. The van der Waals surface area contributed by atoms with Gasteiger partial charge in [0.05, 0.1) is 17.4 Å². The maximum Gasteiger partial charge on any atom is 0.298 e. The van der Waals surface area contributed by atoms with E-state index in [-0.39, 0.29) is 5.24 Å². The van der Waals surface area contributed by atoms with Crippen molar-refractivity contribution in [2.45, 2.75) is 0 Å². The van der Waals surface area contributed by atoms with Gasteiger partial charge in [-0.15, -0.1) is 0 Å². The zero-order chi connectivity index (χ0) is 12.1. The number of hydrazone groups is 1. The Balaban J connectivity index is 2.16. The minimum absolute atomic E-state index is 0.193. The van der Waals surface area contributed by atoms with Gasteiger partial charge in [0.1, 0.15) is 0 Å². The number of hydrogen-bond acceptors (Lipinski definition) is 4. The average molecular weight is 245 g/mol. The van der Waals surface area contributed by atoms with E-state index in [4.69, 9.17) is 0 Å². The Morgan fingerprint density at radius 1 is 1.35 bits per heavy atom. The predicted octanol–water partition coefficient (Wildman–Crippen LogP) is 2.64. The molecule has 4 nitrogen and oxygen atoms in total. The summed E-state index contributed by atoms with van der Waals surface area (Å²) in [6.45, 7) is 0. The predicted molar refractivity (Wildman–Crippen MR) is 71.4 cm³/mol. The average Bonchev–Trinajstić information content (AvgIpc) is 2.38. The number of hydrogen-bond donors (Lipinski definition) is 1. The lowest BCUT2D eigenvalue weighted by atomic mass is 10.2. The highest BCUT2D eigenvalue weighted by molar-refractivity contribution is 8.12. The minimum Gasteiger partial charge on any atom is -0.260 e. The van der Waals surface area contributed by atoms with Crippen LogP contribution in [0.4, 0.5) is 4.79 Å². The molecule has 2 rings (SSSR count). The van der Waals surface area contributed by atoms with Gasteiger partial charge in [0.15, 0.2) is 0 Å². The van der Waals surface area contributed by atoms with Gasteiger partial charge in [0.2, 0.25) is 0 Å². The summed E-state index contributed by atoms with van der Waals surface area (Å²) in [5.74, 6) is 0. The van der Waals surface area contributed by atoms with Crippen LogP contribution in [0.25, 0.3) is 10.9 Å². The number of nitrogens with one attached hydrogen (secondary N) is 1. The first kappa shape index (κ1) is 11.6. The van der Waals surface area contributed by atoms with Crippen LogP contribution >= 0.6 is 11.8 Å². The van der Waals surface area contributed by atoms with E-state index in [9.17, 15) is 4.79 Å². The van der Waals surface area contributed by atoms with Gasteiger partial charge in [-0.05, 0) is 18.4 Å². The molecule has 0 spiro atoms. The maximum absolute atomic E-state index is 10.9. The molecule has 0 unspecified atom stereocenters. The summed E-state index contributed by atoms with van der Waals surface area (Å²) in [7, 11) is 0. The largest absolute Gasteiger partial charge is 0.298 e. The molecule has 0 radical (unpaired) electrons. The van der Waals surface area contributed by atoms with Crippen LogP contribution in [0.1, 0.15) is 5.69 Å². The Hall–Kier alpha value is -1.88. The molecule has 1 N–H and O–H groups in total. The molecule has 0 saturated carbocycles. The van der Waals surface area contributed by atoms with E-state index < -0.39 is 0 Å². The van der Waals surface area contributed by atoms with Crippen LogP contribution < -0.4 is 5.43 Å². The van der Waals surface area contributed by atoms with Gasteiger partial charge in [-0.1, -0.05) is 36.0 Å². The highest BCUT2D eigenvalue weighted by Gasteiger charge is 1.96. The summed E-state index contributed by atoms with van der Waals surface area (Å²) in [6.07, 6.45) is 3.22. The third-order valence-electron chi connectivity index (χ3n) is 2.16. The molecule has 5 heteroatoms. The molecule has 86 valence electrons. The van der Waals surface area contributed by atoms with E-state index >= 15 is 0 Å². The molecule has 0 aliphatic heterocycles. The molecule has 1 amide bonds. The summed E-state index contributed by atoms with van der Waals surface area (Å²) in [5.41, 5.74) is 4.01. The number of thioether (sulfide) groups is 1. The minimum atomic E-state index is -0.193. The molecule has 2 aromatic rings. The zero-order valence-corrected chi connectivity index (χ0v) is 10.1. The number of para-hydroxylation sites is 1. The van der Waals surface area contributed by atoms with E-state index in [2.05, 4.69) is 15.5 Å². The van der Waals surface area contributed by atoms with Crippen molar-refractivity contribution in [2.24, 2.45) is 5.10 Å². The molecule has 0 bridgehead atoms. The molecular formula is C12H11N3OS. The van der Waals surface area contributed by atoms with Crippen LogP contribution in [0, 0.1) is 0 Å². The first-order valence-electron chi connectivity index (χ1n) is 5.02. The van der Waals surface area contributed by atoms with Crippen molar-refractivity contribution in [1.29, 1.82) is 0 Å². The van der Waals surface area contributed by atoms with E-state index in [0.717, 1.165) is 22.7 Å². The quantitative estimate of drug-likeness (QED) is 0.653. The molecule has 1 aromatic heterocycles. The number of fused-ring (bicyclic) bond motifs is 1. The molecule has 0 fully saturated rings. The number of rotatable bonds is 2. The number of aromatic nitrogens is 1. The SMILES string of the molecule is CSC(=O)N/N=C\c1ccc2ccccc2n1. The number of amides is 1. The molecule has 17 heavy (non-hydrogen) atoms. The summed E-state index contributed by atoms with van der Waals surface area (Å²) in [6, 6.07) is 11.7. The normalized spacial score (nSPS) is 10.9. The third-order valence-corrected chi connectivity index (χ3v) is 2.62. The van der Waals surface area contributed by atoms with Crippen molar-refractivity contribution in [3.05, 3.63) is 42.1 Å². The fourth-order valence-corrected chi connectivity index (χ4v) is 1.49. The van der Waals surface area contributed by atoms with Gasteiger partial charge in [-0.2, -0.15) is 5.10 Å². The number of carbonyl (C=O) groups is 1. The molecule has 0 aliphatic rings. The molecule has 0 aliphatic carbocycles. The monoisotopic (exact) mass is 245 g/mol. The molecule has 1 heterocycles. The summed E-state index contributed by atoms with van der Waals surface area (Å²) in [5, 5.41) is 4.70. The second-order valence-corrected chi connectivity index (χ2v) is 4.07. The van der Waals surface area contributed by atoms with Crippen LogP contribution in [-0.2, 0) is 0 Å². The van der Waals surface area contributed by atoms with Crippen LogP contribution in [0.15, 0.2) is 41.5 Å². The highest BCUT2D eigenvalue weighted by atomic mass is 32.2. The first-order chi connectivity index (χ1) is 8.29. The number of carbonyl (C=O) groups excluding carboxylic acids is 1. The Morgan fingerprint density at radius 3 is 3.00 bits per heavy atom. The van der Waals surface area contributed by atoms with Crippen LogP contribution in [0.3, 0.4) is 0 Å². The lowest BCUT2D eigenvalue weighted by Crippen LogP contribution is -2.10. The second-order valence-electron chi connectivity index (χ2n) is 3.29. The summed E-state index contributed by atoms with van der Waals surface area (Å²) in [4.78, 5) is 15.3. The molecular weight excluding hydrogens is 234 g/mol. The van der Waals surface area contributed by atoms with Crippen molar-refractivity contribution in [3.63, 3.8) is 0 Å². The number of pyridine rings is 1. The van der Waals surface area contributed by atoms with Gasteiger partial charge in [0.25, 0.3) is 5.24 Å². The molecule has 0 saturated heterocycles. The van der Waals surface area contributed by atoms with Gasteiger partial charge in [-0.25, -0.2) is 10.4 Å². The lowest BCUT2D eigenvalue weighted by molar-refractivity contribution is 0.261. The highest BCUT2D eigenvalue weighted by Crippen LogP contribution is 2.10.